The highest BCUT2D eigenvalue weighted by molar-refractivity contribution is 7.80. The van der Waals surface area contributed by atoms with Crippen LogP contribution in [0.15, 0.2) is 0 Å². The van der Waals surface area contributed by atoms with Crippen molar-refractivity contribution in [1.29, 1.82) is 0 Å². The van der Waals surface area contributed by atoms with Crippen LogP contribution in [-0.2, 0) is 0 Å². The summed E-state index contributed by atoms with van der Waals surface area (Å²) in [6.07, 6.45) is 3.55. The molecule has 0 saturated carbocycles. The molecule has 1 atom stereocenters. The summed E-state index contributed by atoms with van der Waals surface area (Å²) < 4.78 is 0. The van der Waals surface area contributed by atoms with E-state index in [1.165, 1.54) is 12.8 Å². The van der Waals surface area contributed by atoms with Gasteiger partial charge in [0, 0.05) is 18.3 Å². The number of thiocarbonyl (C=S) groups is 1. The predicted octanol–water partition coefficient (Wildman–Crippen LogP) is 2.12. The summed E-state index contributed by atoms with van der Waals surface area (Å²) in [5.41, 5.74) is 0. The van der Waals surface area contributed by atoms with E-state index >= 15 is 0 Å². The van der Waals surface area contributed by atoms with Gasteiger partial charge in [-0.15, -0.1) is 0 Å². The quantitative estimate of drug-likeness (QED) is 0.523. The van der Waals surface area contributed by atoms with Crippen LogP contribution >= 0.6 is 24.8 Å². The first-order valence-corrected chi connectivity index (χ1v) is 5.24. The Morgan fingerprint density at radius 3 is 3.00 bits per heavy atom. The Balaban J connectivity index is 2.49. The number of hydrogen-bond acceptors (Lipinski definition) is 2. The summed E-state index contributed by atoms with van der Waals surface area (Å²) in [6, 6.07) is 0.616. The van der Waals surface area contributed by atoms with Crippen molar-refractivity contribution in [2.45, 2.75) is 32.2 Å². The van der Waals surface area contributed by atoms with E-state index in [2.05, 4.69) is 24.5 Å². The second-order valence-corrected chi connectivity index (χ2v) is 3.76. The monoisotopic (exact) mass is 189 g/mol. The van der Waals surface area contributed by atoms with Gasteiger partial charge in [-0.05, 0) is 19.3 Å². The van der Waals surface area contributed by atoms with Gasteiger partial charge in [0.1, 0.15) is 0 Å². The van der Waals surface area contributed by atoms with E-state index in [1.54, 1.807) is 0 Å². The number of thiol groups is 1. The maximum Gasteiger partial charge on any atom is 0.0779 e. The zero-order chi connectivity index (χ0) is 8.27. The van der Waals surface area contributed by atoms with Gasteiger partial charge in [0.2, 0.25) is 0 Å². The predicted molar refractivity (Wildman–Crippen MR) is 56.5 cm³/mol. The van der Waals surface area contributed by atoms with E-state index in [0.717, 1.165) is 23.7 Å². The lowest BCUT2D eigenvalue weighted by Gasteiger charge is -2.25. The van der Waals surface area contributed by atoms with Gasteiger partial charge in [-0.1, -0.05) is 19.1 Å². The summed E-state index contributed by atoms with van der Waals surface area (Å²) in [6.45, 7) is 3.27. The molecule has 1 saturated heterocycles. The lowest BCUT2D eigenvalue weighted by molar-refractivity contribution is 0.421. The van der Waals surface area contributed by atoms with Crippen LogP contribution in [0, 0.1) is 0 Å². The van der Waals surface area contributed by atoms with Crippen LogP contribution in [0.5, 0.6) is 0 Å². The Morgan fingerprint density at radius 1 is 1.73 bits per heavy atom. The normalized spacial score (nSPS) is 24.2. The Kier molecular flexibility index (Phi) is 3.66. The highest BCUT2D eigenvalue weighted by Gasteiger charge is 2.23. The first-order chi connectivity index (χ1) is 5.29. The fourth-order valence-electron chi connectivity index (χ4n) is 1.56. The zero-order valence-corrected chi connectivity index (χ0v) is 8.63. The van der Waals surface area contributed by atoms with Crippen molar-refractivity contribution in [3.8, 4) is 0 Å². The van der Waals surface area contributed by atoms with Crippen LogP contribution < -0.4 is 0 Å². The van der Waals surface area contributed by atoms with Gasteiger partial charge in [-0.2, -0.15) is 12.6 Å². The minimum atomic E-state index is 0.616. The summed E-state index contributed by atoms with van der Waals surface area (Å²) in [5, 5.41) is 0. The average Bonchev–Trinajstić information content (AvgIpc) is 2.50. The van der Waals surface area contributed by atoms with E-state index in [-0.39, 0.29) is 0 Å². The average molecular weight is 189 g/mol. The molecule has 1 nitrogen and oxygen atoms in total. The Hall–Kier alpha value is 0.240. The maximum absolute atomic E-state index is 5.25. The third kappa shape index (κ3) is 2.09. The van der Waals surface area contributed by atoms with Gasteiger partial charge < -0.3 is 4.90 Å². The summed E-state index contributed by atoms with van der Waals surface area (Å²) >= 11 is 9.56. The highest BCUT2D eigenvalue weighted by Crippen LogP contribution is 2.19. The molecular weight excluding hydrogens is 174 g/mol. The van der Waals surface area contributed by atoms with Crippen LogP contribution in [0.2, 0.25) is 0 Å². The van der Waals surface area contributed by atoms with Gasteiger partial charge in [-0.3, -0.25) is 0 Å². The minimum absolute atomic E-state index is 0.616. The topological polar surface area (TPSA) is 3.24 Å². The molecule has 0 amide bonds. The summed E-state index contributed by atoms with van der Waals surface area (Å²) in [7, 11) is 0. The van der Waals surface area contributed by atoms with Crippen molar-refractivity contribution in [2.24, 2.45) is 0 Å². The van der Waals surface area contributed by atoms with Crippen LogP contribution in [0.4, 0.5) is 0 Å². The molecule has 1 aliphatic heterocycles. The molecule has 0 aliphatic carbocycles. The van der Waals surface area contributed by atoms with Crippen molar-refractivity contribution in [3.05, 3.63) is 0 Å². The SMILES string of the molecule is CCC(=S)N1CCC[C@H]1CS. The van der Waals surface area contributed by atoms with Crippen LogP contribution in [-0.4, -0.2) is 28.2 Å². The van der Waals surface area contributed by atoms with Gasteiger partial charge in [0.15, 0.2) is 0 Å². The Morgan fingerprint density at radius 2 is 2.45 bits per heavy atom. The van der Waals surface area contributed by atoms with Crippen molar-refractivity contribution in [1.82, 2.24) is 4.90 Å². The van der Waals surface area contributed by atoms with Crippen LogP contribution in [0.25, 0.3) is 0 Å². The molecule has 0 spiro atoms. The van der Waals surface area contributed by atoms with E-state index in [0.29, 0.717) is 6.04 Å². The molecule has 0 unspecified atom stereocenters. The first-order valence-electron chi connectivity index (χ1n) is 4.20. The Labute approximate surface area is 79.6 Å². The van der Waals surface area contributed by atoms with Gasteiger partial charge in [0.25, 0.3) is 0 Å². The van der Waals surface area contributed by atoms with Gasteiger partial charge >= 0.3 is 0 Å². The van der Waals surface area contributed by atoms with Crippen LogP contribution in [0.1, 0.15) is 26.2 Å². The molecule has 3 heteroatoms. The van der Waals surface area contributed by atoms with Crippen molar-refractivity contribution in [2.75, 3.05) is 12.3 Å². The van der Waals surface area contributed by atoms with Gasteiger partial charge in [0.05, 0.1) is 4.99 Å². The molecule has 1 rings (SSSR count). The third-order valence-corrected chi connectivity index (χ3v) is 3.16. The van der Waals surface area contributed by atoms with Crippen molar-refractivity contribution < 1.29 is 0 Å². The molecule has 0 aromatic heterocycles. The van der Waals surface area contributed by atoms with Crippen molar-refractivity contribution >= 4 is 29.8 Å². The second-order valence-electron chi connectivity index (χ2n) is 2.92. The summed E-state index contributed by atoms with van der Waals surface area (Å²) in [4.78, 5) is 3.45. The number of likely N-dealkylation sites (tertiary alicyclic amines) is 1. The van der Waals surface area contributed by atoms with E-state index < -0.39 is 0 Å². The summed E-state index contributed by atoms with van der Waals surface area (Å²) in [5.74, 6) is 0.945. The number of nitrogens with zero attached hydrogens (tertiary/aromatic N) is 1. The Bertz CT molecular complexity index is 147. The third-order valence-electron chi connectivity index (χ3n) is 2.21. The molecule has 1 aliphatic rings. The smallest absolute Gasteiger partial charge is 0.0779 e. The molecule has 11 heavy (non-hydrogen) atoms. The number of hydrogen-bond donors (Lipinski definition) is 1. The molecule has 1 heterocycles. The largest absolute Gasteiger partial charge is 0.362 e. The van der Waals surface area contributed by atoms with E-state index in [4.69, 9.17) is 12.2 Å². The van der Waals surface area contributed by atoms with Crippen LogP contribution in [0.3, 0.4) is 0 Å². The second kappa shape index (κ2) is 4.31. The maximum atomic E-state index is 5.25. The molecular formula is C8H15NS2. The number of rotatable bonds is 2. The zero-order valence-electron chi connectivity index (χ0n) is 6.92. The lowest BCUT2D eigenvalue weighted by atomic mass is 10.2. The fraction of sp³-hybridized carbons (Fsp3) is 0.875. The molecule has 1 fully saturated rings. The fourth-order valence-corrected chi connectivity index (χ4v) is 2.18. The molecule has 0 radical (unpaired) electrons. The van der Waals surface area contributed by atoms with Crippen molar-refractivity contribution in [3.63, 3.8) is 0 Å². The lowest BCUT2D eigenvalue weighted by Crippen LogP contribution is -2.34. The molecule has 0 aromatic rings. The first kappa shape index (κ1) is 9.33. The molecule has 0 aromatic carbocycles. The molecule has 64 valence electrons. The molecule has 0 N–H and O–H groups in total. The van der Waals surface area contributed by atoms with E-state index in [9.17, 15) is 0 Å². The molecule has 0 bridgehead atoms. The standard InChI is InChI=1S/C8H15NS2/c1-2-8(11)9-5-3-4-7(9)6-10/h7,10H,2-6H2,1H3/t7-/m0/s1. The van der Waals surface area contributed by atoms with Gasteiger partial charge in [-0.25, -0.2) is 0 Å². The highest BCUT2D eigenvalue weighted by atomic mass is 32.1. The van der Waals surface area contributed by atoms with E-state index in [1.807, 2.05) is 0 Å². The minimum Gasteiger partial charge on any atom is -0.362 e.